The number of aromatic nitrogens is 1. The fraction of sp³-hybridized carbons (Fsp3) is 0.200. The van der Waals surface area contributed by atoms with E-state index in [2.05, 4.69) is 4.98 Å². The van der Waals surface area contributed by atoms with E-state index in [1.54, 1.807) is 31.2 Å². The summed E-state index contributed by atoms with van der Waals surface area (Å²) in [5, 5.41) is 8.92. The van der Waals surface area contributed by atoms with Crippen LogP contribution in [0.5, 0.6) is 5.75 Å². The Bertz CT molecular complexity index is 644. The van der Waals surface area contributed by atoms with Crippen molar-refractivity contribution in [1.82, 2.24) is 4.98 Å². The maximum absolute atomic E-state index is 14.1. The summed E-state index contributed by atoms with van der Waals surface area (Å²) in [6.45, 7) is 0.400. The van der Waals surface area contributed by atoms with Gasteiger partial charge >= 0.3 is 5.97 Å². The summed E-state index contributed by atoms with van der Waals surface area (Å²) in [6.07, 6.45) is 1.28. The minimum atomic E-state index is -1.31. The quantitative estimate of drug-likeness (QED) is 0.917. The van der Waals surface area contributed by atoms with Crippen molar-refractivity contribution in [3.8, 4) is 5.75 Å². The molecule has 0 amide bonds. The normalized spacial score (nSPS) is 10.2. The maximum Gasteiger partial charge on any atom is 0.338 e. The second kappa shape index (κ2) is 6.21. The Morgan fingerprint density at radius 2 is 2.00 bits per heavy atom. The molecule has 0 fully saturated rings. The number of nitrogens with zero attached hydrogens (tertiary/aromatic N) is 2. The number of anilines is 1. The third-order valence-electron chi connectivity index (χ3n) is 3.04. The molecule has 110 valence electrons. The maximum atomic E-state index is 14.1. The lowest BCUT2D eigenvalue weighted by Gasteiger charge is -2.19. The lowest BCUT2D eigenvalue weighted by atomic mass is 10.2. The number of aromatic carboxylic acids is 1. The highest BCUT2D eigenvalue weighted by Gasteiger charge is 2.17. The average Bonchev–Trinajstić information content (AvgIpc) is 2.47. The van der Waals surface area contributed by atoms with E-state index in [-0.39, 0.29) is 11.4 Å². The fourth-order valence-corrected chi connectivity index (χ4v) is 1.94. The van der Waals surface area contributed by atoms with Crippen molar-refractivity contribution in [2.24, 2.45) is 0 Å². The molecule has 0 aliphatic rings. The van der Waals surface area contributed by atoms with Gasteiger partial charge in [0.25, 0.3) is 0 Å². The van der Waals surface area contributed by atoms with Gasteiger partial charge in [-0.15, -0.1) is 0 Å². The van der Waals surface area contributed by atoms with Gasteiger partial charge in [0.2, 0.25) is 0 Å². The topological polar surface area (TPSA) is 62.7 Å². The number of pyridine rings is 1. The Morgan fingerprint density at radius 3 is 2.57 bits per heavy atom. The number of carbonyl (C=O) groups is 1. The van der Waals surface area contributed by atoms with Crippen LogP contribution >= 0.6 is 0 Å². The molecule has 0 spiro atoms. The standard InChI is InChI=1S/C15H15FN2O3/c1-18(9-10-3-5-11(21-2)6-4-10)14-13(16)12(15(19)20)7-8-17-14/h3-8H,9H2,1-2H3,(H,19,20). The Hall–Kier alpha value is -2.63. The molecule has 0 aliphatic carbocycles. The van der Waals surface area contributed by atoms with Crippen molar-refractivity contribution in [2.45, 2.75) is 6.54 Å². The number of halogens is 1. The van der Waals surface area contributed by atoms with Gasteiger partial charge in [0, 0.05) is 19.8 Å². The highest BCUT2D eigenvalue weighted by atomic mass is 19.1. The Balaban J connectivity index is 2.21. The van der Waals surface area contributed by atoms with Crippen molar-refractivity contribution in [2.75, 3.05) is 19.1 Å². The highest BCUT2D eigenvalue weighted by Crippen LogP contribution is 2.21. The average molecular weight is 290 g/mol. The van der Waals surface area contributed by atoms with Crippen molar-refractivity contribution < 1.29 is 19.0 Å². The monoisotopic (exact) mass is 290 g/mol. The van der Waals surface area contributed by atoms with Gasteiger partial charge in [0.05, 0.1) is 7.11 Å². The zero-order valence-electron chi connectivity index (χ0n) is 11.7. The molecule has 1 N–H and O–H groups in total. The van der Waals surface area contributed by atoms with Crippen LogP contribution in [0.1, 0.15) is 15.9 Å². The molecule has 1 heterocycles. The number of benzene rings is 1. The number of methoxy groups -OCH3 is 1. The van der Waals surface area contributed by atoms with Gasteiger partial charge in [-0.3, -0.25) is 0 Å². The van der Waals surface area contributed by atoms with Gasteiger partial charge in [0.15, 0.2) is 11.6 Å². The molecule has 0 aliphatic heterocycles. The van der Waals surface area contributed by atoms with Crippen LogP contribution in [0.25, 0.3) is 0 Å². The molecule has 0 unspecified atom stereocenters. The SMILES string of the molecule is COc1ccc(CN(C)c2nccc(C(=O)O)c2F)cc1. The first-order valence-electron chi connectivity index (χ1n) is 6.24. The van der Waals surface area contributed by atoms with Crippen LogP contribution in [0.3, 0.4) is 0 Å². The minimum Gasteiger partial charge on any atom is -0.497 e. The highest BCUT2D eigenvalue weighted by molar-refractivity contribution is 5.88. The van der Waals surface area contributed by atoms with Gasteiger partial charge in [-0.25, -0.2) is 14.2 Å². The summed E-state index contributed by atoms with van der Waals surface area (Å²) in [4.78, 5) is 16.4. The van der Waals surface area contributed by atoms with Crippen molar-refractivity contribution >= 4 is 11.8 Å². The van der Waals surface area contributed by atoms with Crippen LogP contribution in [0.2, 0.25) is 0 Å². The summed E-state index contributed by atoms with van der Waals surface area (Å²) < 4.78 is 19.2. The molecule has 21 heavy (non-hydrogen) atoms. The largest absolute Gasteiger partial charge is 0.497 e. The molecule has 1 aromatic heterocycles. The van der Waals surface area contributed by atoms with Gasteiger partial charge in [-0.05, 0) is 23.8 Å². The van der Waals surface area contributed by atoms with Crippen molar-refractivity contribution in [3.63, 3.8) is 0 Å². The van der Waals surface area contributed by atoms with Crippen LogP contribution in [0.15, 0.2) is 36.5 Å². The summed E-state index contributed by atoms with van der Waals surface area (Å²) in [5.74, 6) is -1.40. The Labute approximate surface area is 121 Å². The van der Waals surface area contributed by atoms with Crippen LogP contribution in [0, 0.1) is 5.82 Å². The van der Waals surface area contributed by atoms with Crippen molar-refractivity contribution in [1.29, 1.82) is 0 Å². The molecule has 1 aromatic carbocycles. The third-order valence-corrected chi connectivity index (χ3v) is 3.04. The molecule has 0 atom stereocenters. The Kier molecular flexibility index (Phi) is 4.37. The van der Waals surface area contributed by atoms with Gasteiger partial charge in [-0.2, -0.15) is 0 Å². The minimum absolute atomic E-state index is 0.00529. The molecule has 0 radical (unpaired) electrons. The van der Waals surface area contributed by atoms with E-state index in [9.17, 15) is 9.18 Å². The summed E-state index contributed by atoms with van der Waals surface area (Å²) in [5.41, 5.74) is 0.543. The van der Waals surface area contributed by atoms with Gasteiger partial charge in [-0.1, -0.05) is 12.1 Å². The first-order valence-corrected chi connectivity index (χ1v) is 6.24. The predicted octanol–water partition coefficient (Wildman–Crippen LogP) is 2.56. The van der Waals surface area contributed by atoms with Crippen LogP contribution in [-0.4, -0.2) is 30.2 Å². The molecular formula is C15H15FN2O3. The van der Waals surface area contributed by atoms with Gasteiger partial charge < -0.3 is 14.7 Å². The van der Waals surface area contributed by atoms with Crippen LogP contribution in [0.4, 0.5) is 10.2 Å². The molecule has 6 heteroatoms. The molecule has 0 bridgehead atoms. The first kappa shape index (κ1) is 14.8. The van der Waals surface area contributed by atoms with E-state index >= 15 is 0 Å². The van der Waals surface area contributed by atoms with Crippen LogP contribution in [-0.2, 0) is 6.54 Å². The molecule has 0 saturated heterocycles. The van der Waals surface area contributed by atoms with Crippen LogP contribution < -0.4 is 9.64 Å². The van der Waals surface area contributed by atoms with E-state index in [1.165, 1.54) is 6.20 Å². The zero-order valence-corrected chi connectivity index (χ0v) is 11.7. The summed E-state index contributed by atoms with van der Waals surface area (Å²) in [7, 11) is 3.24. The lowest BCUT2D eigenvalue weighted by molar-refractivity contribution is 0.0692. The molecular weight excluding hydrogens is 275 g/mol. The molecule has 2 rings (SSSR count). The molecule has 2 aromatic rings. The second-order valence-electron chi connectivity index (χ2n) is 4.51. The zero-order chi connectivity index (χ0) is 15.4. The Morgan fingerprint density at radius 1 is 1.33 bits per heavy atom. The predicted molar refractivity (Wildman–Crippen MR) is 76.3 cm³/mol. The number of carboxylic acids is 1. The van der Waals surface area contributed by atoms with E-state index < -0.39 is 11.8 Å². The number of hydrogen-bond donors (Lipinski definition) is 1. The van der Waals surface area contributed by atoms with E-state index in [1.807, 2.05) is 12.1 Å². The molecule has 0 saturated carbocycles. The number of hydrogen-bond acceptors (Lipinski definition) is 4. The van der Waals surface area contributed by atoms with Gasteiger partial charge in [0.1, 0.15) is 11.3 Å². The number of ether oxygens (including phenoxy) is 1. The summed E-state index contributed by atoms with van der Waals surface area (Å²) in [6, 6.07) is 8.46. The smallest absolute Gasteiger partial charge is 0.338 e. The summed E-state index contributed by atoms with van der Waals surface area (Å²) >= 11 is 0. The third kappa shape index (κ3) is 3.28. The van der Waals surface area contributed by atoms with E-state index in [0.717, 1.165) is 17.4 Å². The fourth-order valence-electron chi connectivity index (χ4n) is 1.94. The second-order valence-corrected chi connectivity index (χ2v) is 4.51. The van der Waals surface area contributed by atoms with E-state index in [4.69, 9.17) is 9.84 Å². The number of carboxylic acid groups (broad SMARTS) is 1. The molecule has 5 nitrogen and oxygen atoms in total. The van der Waals surface area contributed by atoms with E-state index in [0.29, 0.717) is 6.54 Å². The lowest BCUT2D eigenvalue weighted by Crippen LogP contribution is -2.20. The van der Waals surface area contributed by atoms with Crippen molar-refractivity contribution in [3.05, 3.63) is 53.5 Å². The first-order chi connectivity index (χ1) is 10.0. The number of rotatable bonds is 5.